The Morgan fingerprint density at radius 1 is 1.32 bits per heavy atom. The first-order valence-electron chi connectivity index (χ1n) is 6.88. The quantitative estimate of drug-likeness (QED) is 0.334. The molecule has 0 rings (SSSR count). The predicted octanol–water partition coefficient (Wildman–Crippen LogP) is 3.74. The average molecular weight is 284 g/mol. The second-order valence-corrected chi connectivity index (χ2v) is 11.0. The van der Waals surface area contributed by atoms with E-state index in [9.17, 15) is 4.79 Å². The van der Waals surface area contributed by atoms with Crippen LogP contribution in [-0.4, -0.2) is 27.5 Å². The molecule has 0 bridgehead atoms. The number of methoxy groups -OCH3 is 1. The second-order valence-electron chi connectivity index (χ2n) is 6.29. The van der Waals surface area contributed by atoms with Gasteiger partial charge in [0.05, 0.1) is 13.2 Å². The summed E-state index contributed by atoms with van der Waals surface area (Å²) in [6.07, 6.45) is 2.74. The molecule has 0 aliphatic carbocycles. The van der Waals surface area contributed by atoms with E-state index in [0.29, 0.717) is 6.42 Å². The van der Waals surface area contributed by atoms with Crippen molar-refractivity contribution in [3.05, 3.63) is 0 Å². The van der Waals surface area contributed by atoms with Crippen molar-refractivity contribution in [3.63, 3.8) is 0 Å². The van der Waals surface area contributed by atoms with Crippen LogP contribution >= 0.6 is 0 Å². The molecule has 0 saturated heterocycles. The standard InChI is InChI=1S/C15H28O3Si/c1-8-10-13(11-9-12-14(16)17-5)18-19(6,7)15(2,3)4/h13H,8,10-11H2,1-7H3/t13-/m1/s1. The highest BCUT2D eigenvalue weighted by atomic mass is 28.4. The molecule has 0 radical (unpaired) electrons. The normalized spacial score (nSPS) is 13.4. The lowest BCUT2D eigenvalue weighted by Gasteiger charge is -2.39. The lowest BCUT2D eigenvalue weighted by molar-refractivity contribution is -0.133. The number of hydrogen-bond acceptors (Lipinski definition) is 3. The van der Waals surface area contributed by atoms with E-state index < -0.39 is 14.3 Å². The maximum Gasteiger partial charge on any atom is 0.384 e. The smallest absolute Gasteiger partial charge is 0.384 e. The third kappa shape index (κ3) is 6.79. The number of esters is 1. The van der Waals surface area contributed by atoms with Crippen LogP contribution in [0.3, 0.4) is 0 Å². The largest absolute Gasteiger partial charge is 0.459 e. The van der Waals surface area contributed by atoms with Gasteiger partial charge in [0.2, 0.25) is 0 Å². The summed E-state index contributed by atoms with van der Waals surface area (Å²) in [6, 6.07) is 0. The van der Waals surface area contributed by atoms with Crippen LogP contribution in [0.25, 0.3) is 0 Å². The number of rotatable bonds is 5. The molecule has 0 aromatic heterocycles. The summed E-state index contributed by atoms with van der Waals surface area (Å²) in [4.78, 5) is 11.0. The van der Waals surface area contributed by atoms with Crippen LogP contribution in [0.15, 0.2) is 0 Å². The van der Waals surface area contributed by atoms with Crippen molar-refractivity contribution in [2.24, 2.45) is 0 Å². The van der Waals surface area contributed by atoms with Crippen LogP contribution in [0.5, 0.6) is 0 Å². The number of ether oxygens (including phenoxy) is 1. The Morgan fingerprint density at radius 3 is 2.32 bits per heavy atom. The zero-order valence-corrected chi connectivity index (χ0v) is 14.4. The van der Waals surface area contributed by atoms with E-state index in [1.54, 1.807) is 0 Å². The minimum Gasteiger partial charge on any atom is -0.459 e. The third-order valence-electron chi connectivity index (χ3n) is 3.58. The van der Waals surface area contributed by atoms with Crippen LogP contribution < -0.4 is 0 Å². The lowest BCUT2D eigenvalue weighted by Crippen LogP contribution is -2.43. The van der Waals surface area contributed by atoms with E-state index in [0.717, 1.165) is 12.8 Å². The van der Waals surface area contributed by atoms with Crippen LogP contribution in [0.4, 0.5) is 0 Å². The van der Waals surface area contributed by atoms with Gasteiger partial charge < -0.3 is 9.16 Å². The first-order chi connectivity index (χ1) is 8.64. The minimum absolute atomic E-state index is 0.114. The maximum absolute atomic E-state index is 11.0. The molecule has 0 amide bonds. The summed E-state index contributed by atoms with van der Waals surface area (Å²) in [6.45, 7) is 13.3. The minimum atomic E-state index is -1.77. The molecule has 3 nitrogen and oxygen atoms in total. The fourth-order valence-electron chi connectivity index (χ4n) is 1.41. The predicted molar refractivity (Wildman–Crippen MR) is 81.4 cm³/mol. The van der Waals surface area contributed by atoms with Crippen molar-refractivity contribution >= 4 is 14.3 Å². The highest BCUT2D eigenvalue weighted by Crippen LogP contribution is 2.38. The summed E-state index contributed by atoms with van der Waals surface area (Å²) >= 11 is 0. The molecule has 19 heavy (non-hydrogen) atoms. The highest BCUT2D eigenvalue weighted by Gasteiger charge is 2.38. The Morgan fingerprint density at radius 2 is 1.89 bits per heavy atom. The van der Waals surface area contributed by atoms with E-state index in [2.05, 4.69) is 57.4 Å². The average Bonchev–Trinajstić information content (AvgIpc) is 2.27. The number of carbonyl (C=O) groups is 1. The van der Waals surface area contributed by atoms with Gasteiger partial charge >= 0.3 is 5.97 Å². The van der Waals surface area contributed by atoms with E-state index in [1.807, 2.05) is 0 Å². The molecule has 0 aliphatic rings. The molecule has 1 atom stereocenters. The molecular weight excluding hydrogens is 256 g/mol. The molecule has 0 saturated carbocycles. The fraction of sp³-hybridized carbons (Fsp3) is 0.800. The Labute approximate surface area is 119 Å². The van der Waals surface area contributed by atoms with Crippen LogP contribution in [0.1, 0.15) is 47.0 Å². The summed E-state index contributed by atoms with van der Waals surface area (Å²) in [5, 5.41) is 0.189. The third-order valence-corrected chi connectivity index (χ3v) is 8.12. The topological polar surface area (TPSA) is 35.5 Å². The monoisotopic (exact) mass is 284 g/mol. The molecule has 0 aromatic carbocycles. The summed E-state index contributed by atoms with van der Waals surface area (Å²) < 4.78 is 10.8. The van der Waals surface area contributed by atoms with Gasteiger partial charge in [0.15, 0.2) is 8.32 Å². The second kappa shape index (κ2) is 7.71. The van der Waals surface area contributed by atoms with Crippen LogP contribution in [0.2, 0.25) is 18.1 Å². The van der Waals surface area contributed by atoms with Crippen LogP contribution in [0, 0.1) is 11.8 Å². The molecule has 0 aliphatic heterocycles. The van der Waals surface area contributed by atoms with Gasteiger partial charge in [-0.2, -0.15) is 0 Å². The number of carbonyl (C=O) groups excluding carboxylic acids is 1. The van der Waals surface area contributed by atoms with Gasteiger partial charge in [0.1, 0.15) is 0 Å². The molecule has 0 heterocycles. The summed E-state index contributed by atoms with van der Waals surface area (Å²) in [7, 11) is -0.435. The van der Waals surface area contributed by atoms with E-state index in [1.165, 1.54) is 7.11 Å². The van der Waals surface area contributed by atoms with Gasteiger partial charge in [0.25, 0.3) is 0 Å². The zero-order valence-electron chi connectivity index (χ0n) is 13.4. The molecule has 0 fully saturated rings. The van der Waals surface area contributed by atoms with E-state index >= 15 is 0 Å². The highest BCUT2D eigenvalue weighted by molar-refractivity contribution is 6.74. The first-order valence-corrected chi connectivity index (χ1v) is 9.79. The molecule has 4 heteroatoms. The SMILES string of the molecule is CCC[C@H](CC#CC(=O)OC)O[Si](C)(C)C(C)(C)C. The molecule has 0 spiro atoms. The van der Waals surface area contributed by atoms with Gasteiger partial charge in [-0.15, -0.1) is 0 Å². The van der Waals surface area contributed by atoms with Crippen molar-refractivity contribution in [2.45, 2.75) is 71.2 Å². The molecule has 0 N–H and O–H groups in total. The Bertz CT molecular complexity index is 345. The van der Waals surface area contributed by atoms with Crippen molar-refractivity contribution in [2.75, 3.05) is 7.11 Å². The lowest BCUT2D eigenvalue weighted by atomic mass is 10.1. The number of hydrogen-bond donors (Lipinski definition) is 0. The van der Waals surface area contributed by atoms with Crippen LogP contribution in [-0.2, 0) is 14.0 Å². The Balaban J connectivity index is 4.65. The fourth-order valence-corrected chi connectivity index (χ4v) is 2.79. The maximum atomic E-state index is 11.0. The molecular formula is C15H28O3Si. The summed E-state index contributed by atoms with van der Waals surface area (Å²) in [5.74, 6) is 4.85. The van der Waals surface area contributed by atoms with Crippen molar-refractivity contribution in [1.82, 2.24) is 0 Å². The van der Waals surface area contributed by atoms with E-state index in [-0.39, 0.29) is 11.1 Å². The van der Waals surface area contributed by atoms with E-state index in [4.69, 9.17) is 4.43 Å². The van der Waals surface area contributed by atoms with Gasteiger partial charge in [-0.3, -0.25) is 0 Å². The Kier molecular flexibility index (Phi) is 7.39. The van der Waals surface area contributed by atoms with Crippen molar-refractivity contribution in [3.8, 4) is 11.8 Å². The van der Waals surface area contributed by atoms with Gasteiger partial charge in [-0.25, -0.2) is 4.79 Å². The van der Waals surface area contributed by atoms with Gasteiger partial charge in [-0.05, 0) is 24.6 Å². The van der Waals surface area contributed by atoms with Crippen molar-refractivity contribution < 1.29 is 14.0 Å². The molecule has 0 unspecified atom stereocenters. The first kappa shape index (κ1) is 18.2. The van der Waals surface area contributed by atoms with Gasteiger partial charge in [-0.1, -0.05) is 40.0 Å². The Hall–Kier alpha value is -0.793. The summed E-state index contributed by atoms with van der Waals surface area (Å²) in [5.41, 5.74) is 0. The zero-order chi connectivity index (χ0) is 15.1. The molecule has 0 aromatic rings. The van der Waals surface area contributed by atoms with Gasteiger partial charge in [0, 0.05) is 12.3 Å². The van der Waals surface area contributed by atoms with Crippen molar-refractivity contribution in [1.29, 1.82) is 0 Å². The molecule has 110 valence electrons.